The Balaban J connectivity index is 1.61. The smallest absolute Gasteiger partial charge is 0.243 e. The molecule has 2 aliphatic heterocycles. The molecule has 10 heteroatoms. The topological polar surface area (TPSA) is 91.5 Å². The number of fused-ring (bicyclic) bond motifs is 1. The van der Waals surface area contributed by atoms with Crippen LogP contribution < -0.4 is 0 Å². The van der Waals surface area contributed by atoms with E-state index < -0.39 is 10.0 Å². The lowest BCUT2D eigenvalue weighted by atomic mass is 10.2. The van der Waals surface area contributed by atoms with Crippen molar-refractivity contribution in [3.8, 4) is 11.4 Å². The molecule has 2 saturated heterocycles. The third-order valence-corrected chi connectivity index (χ3v) is 7.89. The summed E-state index contributed by atoms with van der Waals surface area (Å²) in [6.07, 6.45) is 4.15. The Morgan fingerprint density at radius 1 is 1.19 bits per heavy atom. The second-order valence-electron chi connectivity index (χ2n) is 8.15. The zero-order chi connectivity index (χ0) is 21.6. The minimum absolute atomic E-state index is 0.130. The van der Waals surface area contributed by atoms with Gasteiger partial charge < -0.3 is 14.0 Å². The molecule has 1 atom stereocenters. The number of aryl methyl sites for hydroxylation is 2. The molecule has 166 valence electrons. The first kappa shape index (κ1) is 20.6. The largest absolute Gasteiger partial charge is 0.379 e. The third kappa shape index (κ3) is 3.78. The lowest BCUT2D eigenvalue weighted by Gasteiger charge is -2.26. The molecule has 4 heterocycles. The highest BCUT2D eigenvalue weighted by molar-refractivity contribution is 7.89. The van der Waals surface area contributed by atoms with E-state index in [4.69, 9.17) is 14.5 Å². The van der Waals surface area contributed by atoms with Gasteiger partial charge in [0.1, 0.15) is 5.82 Å². The summed E-state index contributed by atoms with van der Waals surface area (Å²) in [5.41, 5.74) is 3.38. The molecule has 1 aromatic carbocycles. The maximum atomic E-state index is 13.1. The molecule has 1 unspecified atom stereocenters. The normalized spacial score (nSPS) is 20.6. The number of sulfonamides is 1. The predicted octanol–water partition coefficient (Wildman–Crippen LogP) is 1.95. The summed E-state index contributed by atoms with van der Waals surface area (Å²) in [6.45, 7) is 4.99. The van der Waals surface area contributed by atoms with Crippen LogP contribution in [-0.2, 0) is 33.1 Å². The quantitative estimate of drug-likeness (QED) is 0.596. The summed E-state index contributed by atoms with van der Waals surface area (Å²) >= 11 is 0. The van der Waals surface area contributed by atoms with Gasteiger partial charge in [-0.2, -0.15) is 9.40 Å². The Morgan fingerprint density at radius 2 is 2.00 bits per heavy atom. The minimum atomic E-state index is -3.59. The van der Waals surface area contributed by atoms with Crippen LogP contribution in [0, 0.1) is 6.92 Å². The summed E-state index contributed by atoms with van der Waals surface area (Å²) in [4.78, 5) is 5.13. The lowest BCUT2D eigenvalue weighted by molar-refractivity contribution is 0.0730. The summed E-state index contributed by atoms with van der Waals surface area (Å²) in [6, 6.07) is 5.22. The molecule has 2 fully saturated rings. The van der Waals surface area contributed by atoms with Crippen molar-refractivity contribution in [3.05, 3.63) is 30.1 Å². The van der Waals surface area contributed by atoms with Gasteiger partial charge in [0.2, 0.25) is 10.0 Å². The van der Waals surface area contributed by atoms with Crippen molar-refractivity contribution in [2.75, 3.05) is 32.9 Å². The highest BCUT2D eigenvalue weighted by Crippen LogP contribution is 2.30. The molecule has 5 rings (SSSR count). The summed E-state index contributed by atoms with van der Waals surface area (Å²) in [7, 11) is -1.70. The van der Waals surface area contributed by atoms with Crippen LogP contribution in [0.4, 0.5) is 0 Å². The van der Waals surface area contributed by atoms with Gasteiger partial charge in [0.05, 0.1) is 53.0 Å². The summed E-state index contributed by atoms with van der Waals surface area (Å²) < 4.78 is 42.8. The van der Waals surface area contributed by atoms with Crippen molar-refractivity contribution in [3.63, 3.8) is 0 Å². The molecule has 3 aromatic rings. The fourth-order valence-corrected chi connectivity index (χ4v) is 5.84. The van der Waals surface area contributed by atoms with E-state index in [9.17, 15) is 8.42 Å². The average molecular weight is 446 g/mol. The molecule has 2 aliphatic rings. The number of nitrogens with zero attached hydrogens (tertiary/aromatic N) is 5. The standard InChI is InChI=1S/C21H27N5O4S/c1-15-18(14-24(2)23-15)21-22-19-12-17(31(27,28)25-7-10-29-11-8-25)5-6-20(19)26(21)13-16-4-3-9-30-16/h5-6,12,14,16H,3-4,7-11,13H2,1-2H3. The molecule has 2 aromatic heterocycles. The molecule has 0 spiro atoms. The molecule has 9 nitrogen and oxygen atoms in total. The second kappa shape index (κ2) is 8.01. The summed E-state index contributed by atoms with van der Waals surface area (Å²) in [5, 5.41) is 4.47. The number of morpholine rings is 1. The van der Waals surface area contributed by atoms with Crippen molar-refractivity contribution >= 4 is 21.1 Å². The van der Waals surface area contributed by atoms with E-state index >= 15 is 0 Å². The van der Waals surface area contributed by atoms with Crippen LogP contribution in [0.25, 0.3) is 22.4 Å². The van der Waals surface area contributed by atoms with Crippen LogP contribution in [-0.4, -0.2) is 71.1 Å². The lowest BCUT2D eigenvalue weighted by Crippen LogP contribution is -2.40. The van der Waals surface area contributed by atoms with Crippen molar-refractivity contribution in [2.24, 2.45) is 7.05 Å². The number of ether oxygens (including phenoxy) is 2. The number of hydrogen-bond acceptors (Lipinski definition) is 6. The van der Waals surface area contributed by atoms with Gasteiger partial charge in [0, 0.05) is 32.9 Å². The van der Waals surface area contributed by atoms with E-state index in [0.29, 0.717) is 38.4 Å². The Kier molecular flexibility index (Phi) is 5.33. The second-order valence-corrected chi connectivity index (χ2v) is 10.1. The number of imidazole rings is 1. The van der Waals surface area contributed by atoms with Gasteiger partial charge in [-0.05, 0) is 38.0 Å². The highest BCUT2D eigenvalue weighted by Gasteiger charge is 2.28. The van der Waals surface area contributed by atoms with E-state index in [-0.39, 0.29) is 11.0 Å². The number of benzene rings is 1. The molecule has 0 amide bonds. The molecule has 0 radical (unpaired) electrons. The van der Waals surface area contributed by atoms with Crippen LogP contribution in [0.5, 0.6) is 0 Å². The zero-order valence-electron chi connectivity index (χ0n) is 17.8. The Labute approximate surface area is 181 Å². The van der Waals surface area contributed by atoms with Crippen LogP contribution in [0.15, 0.2) is 29.3 Å². The first-order chi connectivity index (χ1) is 14.9. The maximum absolute atomic E-state index is 13.1. The van der Waals surface area contributed by atoms with Gasteiger partial charge in [-0.25, -0.2) is 13.4 Å². The van der Waals surface area contributed by atoms with E-state index in [1.165, 1.54) is 4.31 Å². The monoisotopic (exact) mass is 445 g/mol. The molecule has 0 saturated carbocycles. The highest BCUT2D eigenvalue weighted by atomic mass is 32.2. The first-order valence-corrected chi connectivity index (χ1v) is 12.1. The van der Waals surface area contributed by atoms with Gasteiger partial charge in [-0.15, -0.1) is 0 Å². The van der Waals surface area contributed by atoms with Crippen molar-refractivity contribution < 1.29 is 17.9 Å². The third-order valence-electron chi connectivity index (χ3n) is 5.99. The van der Waals surface area contributed by atoms with Gasteiger partial charge in [0.25, 0.3) is 0 Å². The van der Waals surface area contributed by atoms with Crippen molar-refractivity contribution in [1.82, 2.24) is 23.6 Å². The van der Waals surface area contributed by atoms with Gasteiger partial charge >= 0.3 is 0 Å². The van der Waals surface area contributed by atoms with Gasteiger partial charge in [-0.3, -0.25) is 4.68 Å². The molecular weight excluding hydrogens is 418 g/mol. The number of rotatable bonds is 5. The Hall–Kier alpha value is -2.27. The van der Waals surface area contributed by atoms with Crippen molar-refractivity contribution in [2.45, 2.75) is 37.3 Å². The predicted molar refractivity (Wildman–Crippen MR) is 115 cm³/mol. The molecule has 31 heavy (non-hydrogen) atoms. The average Bonchev–Trinajstić information content (AvgIpc) is 3.48. The molecule has 0 aliphatic carbocycles. The van der Waals surface area contributed by atoms with Crippen LogP contribution >= 0.6 is 0 Å². The van der Waals surface area contributed by atoms with E-state index in [1.54, 1.807) is 16.8 Å². The van der Waals surface area contributed by atoms with E-state index in [0.717, 1.165) is 42.0 Å². The maximum Gasteiger partial charge on any atom is 0.243 e. The van der Waals surface area contributed by atoms with Crippen molar-refractivity contribution in [1.29, 1.82) is 0 Å². The van der Waals surface area contributed by atoms with Crippen LogP contribution in [0.3, 0.4) is 0 Å². The molecule has 0 bridgehead atoms. The fraction of sp³-hybridized carbons (Fsp3) is 0.524. The first-order valence-electron chi connectivity index (χ1n) is 10.6. The fourth-order valence-electron chi connectivity index (χ4n) is 4.41. The minimum Gasteiger partial charge on any atom is -0.379 e. The summed E-state index contributed by atoms with van der Waals surface area (Å²) in [5.74, 6) is 0.789. The van der Waals surface area contributed by atoms with Crippen LogP contribution in [0.1, 0.15) is 18.5 Å². The zero-order valence-corrected chi connectivity index (χ0v) is 18.6. The number of aromatic nitrogens is 4. The van der Waals surface area contributed by atoms with E-state index in [1.807, 2.05) is 26.2 Å². The van der Waals surface area contributed by atoms with Crippen LogP contribution in [0.2, 0.25) is 0 Å². The van der Waals surface area contributed by atoms with E-state index in [2.05, 4.69) is 9.67 Å². The SMILES string of the molecule is Cc1nn(C)cc1-c1nc2cc(S(=O)(=O)N3CCOCC3)ccc2n1CC1CCCO1. The number of hydrogen-bond donors (Lipinski definition) is 0. The Bertz CT molecular complexity index is 1200. The molecular formula is C21H27N5O4S. The Morgan fingerprint density at radius 3 is 2.68 bits per heavy atom. The van der Waals surface area contributed by atoms with Gasteiger partial charge in [-0.1, -0.05) is 0 Å². The van der Waals surface area contributed by atoms with Gasteiger partial charge in [0.15, 0.2) is 0 Å². The molecule has 0 N–H and O–H groups in total.